The maximum Gasteiger partial charge on any atom is 0.255 e. The van der Waals surface area contributed by atoms with Crippen molar-refractivity contribution in [2.75, 3.05) is 19.6 Å². The fourth-order valence-corrected chi connectivity index (χ4v) is 3.80. The topological polar surface area (TPSA) is 115 Å². The number of amides is 2. The van der Waals surface area contributed by atoms with Crippen molar-refractivity contribution in [2.24, 2.45) is 0 Å². The first kappa shape index (κ1) is 21.7. The Kier molecular flexibility index (Phi) is 6.08. The summed E-state index contributed by atoms with van der Waals surface area (Å²) in [5.74, 6) is -0.313. The Morgan fingerprint density at radius 2 is 2.07 bits per heavy atom. The Balaban J connectivity index is 1.62. The standard InChI is InChI=1S/C21H29N7O2/c1-13-9-17-25-14(2)19(15(3)28(17)26-13)20(30)23-12-21(4,5)24-11-18(29)27-8-6-7-16(27)10-22/h9,16,24H,6-8,11-12H2,1-5H3,(H,23,30)/t16-/m0/s1. The summed E-state index contributed by atoms with van der Waals surface area (Å²) in [4.78, 5) is 31.4. The monoisotopic (exact) mass is 411 g/mol. The Morgan fingerprint density at radius 3 is 2.77 bits per heavy atom. The first-order valence-corrected chi connectivity index (χ1v) is 10.2. The molecule has 1 atom stereocenters. The summed E-state index contributed by atoms with van der Waals surface area (Å²) in [5.41, 5.74) is 2.95. The molecule has 0 aromatic carbocycles. The third kappa shape index (κ3) is 4.44. The van der Waals surface area contributed by atoms with Crippen LogP contribution >= 0.6 is 0 Å². The zero-order chi connectivity index (χ0) is 22.1. The molecule has 2 amide bonds. The fraction of sp³-hybridized carbons (Fsp3) is 0.571. The molecule has 0 unspecified atom stereocenters. The van der Waals surface area contributed by atoms with Crippen molar-refractivity contribution in [2.45, 2.75) is 59.0 Å². The molecule has 1 saturated heterocycles. The lowest BCUT2D eigenvalue weighted by atomic mass is 10.0. The van der Waals surface area contributed by atoms with Crippen molar-refractivity contribution in [1.82, 2.24) is 30.1 Å². The van der Waals surface area contributed by atoms with Gasteiger partial charge in [-0.1, -0.05) is 0 Å². The van der Waals surface area contributed by atoms with E-state index >= 15 is 0 Å². The Morgan fingerprint density at radius 1 is 1.33 bits per heavy atom. The van der Waals surface area contributed by atoms with Crippen LogP contribution in [0.25, 0.3) is 5.65 Å². The van der Waals surface area contributed by atoms with E-state index < -0.39 is 5.54 Å². The van der Waals surface area contributed by atoms with Gasteiger partial charge in [0.2, 0.25) is 5.91 Å². The second-order valence-electron chi connectivity index (χ2n) is 8.51. The van der Waals surface area contributed by atoms with E-state index in [0.29, 0.717) is 24.3 Å². The number of carbonyl (C=O) groups is 2. The van der Waals surface area contributed by atoms with Gasteiger partial charge in [-0.3, -0.25) is 9.59 Å². The van der Waals surface area contributed by atoms with Crippen LogP contribution in [0.3, 0.4) is 0 Å². The van der Waals surface area contributed by atoms with Crippen molar-refractivity contribution >= 4 is 17.5 Å². The molecule has 2 N–H and O–H groups in total. The van der Waals surface area contributed by atoms with E-state index in [-0.39, 0.29) is 24.4 Å². The zero-order valence-electron chi connectivity index (χ0n) is 18.2. The van der Waals surface area contributed by atoms with Gasteiger partial charge >= 0.3 is 0 Å². The van der Waals surface area contributed by atoms with Gasteiger partial charge in [0, 0.05) is 24.7 Å². The van der Waals surface area contributed by atoms with Crippen LogP contribution < -0.4 is 10.6 Å². The minimum Gasteiger partial charge on any atom is -0.350 e. The van der Waals surface area contributed by atoms with Gasteiger partial charge in [0.05, 0.1) is 35.3 Å². The predicted molar refractivity (Wildman–Crippen MR) is 112 cm³/mol. The SMILES string of the molecule is Cc1cc2nc(C)c(C(=O)NCC(C)(C)NCC(=O)N3CCC[C@H]3C#N)c(C)n2n1. The number of aryl methyl sites for hydroxylation is 3. The van der Waals surface area contributed by atoms with Crippen molar-refractivity contribution in [3.05, 3.63) is 28.7 Å². The molecular formula is C21H29N7O2. The second kappa shape index (κ2) is 8.40. The van der Waals surface area contributed by atoms with E-state index in [1.807, 2.05) is 40.7 Å². The molecular weight excluding hydrogens is 382 g/mol. The normalized spacial score (nSPS) is 16.7. The van der Waals surface area contributed by atoms with Crippen LogP contribution in [-0.2, 0) is 4.79 Å². The van der Waals surface area contributed by atoms with Gasteiger partial charge in [-0.25, -0.2) is 9.50 Å². The number of fused-ring (bicyclic) bond motifs is 1. The summed E-state index contributed by atoms with van der Waals surface area (Å²) in [5, 5.41) is 19.7. The molecule has 9 heteroatoms. The summed E-state index contributed by atoms with van der Waals surface area (Å²) in [6, 6.07) is 3.73. The molecule has 3 heterocycles. The molecule has 1 fully saturated rings. The molecule has 1 aliphatic rings. The summed E-state index contributed by atoms with van der Waals surface area (Å²) in [6.07, 6.45) is 1.59. The van der Waals surface area contributed by atoms with E-state index in [1.54, 1.807) is 9.42 Å². The number of carbonyl (C=O) groups excluding carboxylic acids is 2. The summed E-state index contributed by atoms with van der Waals surface area (Å²) >= 11 is 0. The minimum absolute atomic E-state index is 0.0890. The van der Waals surface area contributed by atoms with E-state index in [0.717, 1.165) is 29.9 Å². The molecule has 1 aliphatic heterocycles. The second-order valence-corrected chi connectivity index (χ2v) is 8.51. The highest BCUT2D eigenvalue weighted by Crippen LogP contribution is 2.17. The highest BCUT2D eigenvalue weighted by atomic mass is 16.2. The summed E-state index contributed by atoms with van der Waals surface area (Å²) in [6.45, 7) is 10.5. The molecule has 0 aliphatic carbocycles. The van der Waals surface area contributed by atoms with Crippen LogP contribution in [0.2, 0.25) is 0 Å². The number of nitriles is 1. The fourth-order valence-electron chi connectivity index (χ4n) is 3.80. The van der Waals surface area contributed by atoms with E-state index in [2.05, 4.69) is 26.8 Å². The molecule has 0 saturated carbocycles. The third-order valence-electron chi connectivity index (χ3n) is 5.49. The smallest absolute Gasteiger partial charge is 0.255 e. The van der Waals surface area contributed by atoms with E-state index in [9.17, 15) is 9.59 Å². The van der Waals surface area contributed by atoms with Gasteiger partial charge in [0.15, 0.2) is 5.65 Å². The molecule has 30 heavy (non-hydrogen) atoms. The predicted octanol–water partition coefficient (Wildman–Crippen LogP) is 1.27. The van der Waals surface area contributed by atoms with Crippen molar-refractivity contribution < 1.29 is 9.59 Å². The number of likely N-dealkylation sites (tertiary alicyclic amines) is 1. The van der Waals surface area contributed by atoms with Crippen LogP contribution in [0.4, 0.5) is 0 Å². The minimum atomic E-state index is -0.505. The summed E-state index contributed by atoms with van der Waals surface area (Å²) in [7, 11) is 0. The first-order chi connectivity index (χ1) is 14.1. The lowest BCUT2D eigenvalue weighted by molar-refractivity contribution is -0.130. The third-order valence-corrected chi connectivity index (χ3v) is 5.49. The van der Waals surface area contributed by atoms with Crippen LogP contribution in [0, 0.1) is 32.1 Å². The van der Waals surface area contributed by atoms with Crippen LogP contribution in [0.1, 0.15) is 54.1 Å². The highest BCUT2D eigenvalue weighted by Gasteiger charge is 2.29. The molecule has 9 nitrogen and oxygen atoms in total. The lowest BCUT2D eigenvalue weighted by Crippen LogP contribution is -2.53. The molecule has 0 spiro atoms. The molecule has 3 rings (SSSR count). The maximum absolute atomic E-state index is 12.9. The number of aromatic nitrogens is 3. The Bertz CT molecular complexity index is 1020. The zero-order valence-corrected chi connectivity index (χ0v) is 18.2. The highest BCUT2D eigenvalue weighted by molar-refractivity contribution is 5.96. The molecule has 0 bridgehead atoms. The Labute approximate surface area is 176 Å². The first-order valence-electron chi connectivity index (χ1n) is 10.2. The lowest BCUT2D eigenvalue weighted by Gasteiger charge is -2.28. The average Bonchev–Trinajstić information content (AvgIpc) is 3.30. The molecule has 2 aromatic rings. The van der Waals surface area contributed by atoms with Crippen LogP contribution in [0.15, 0.2) is 6.07 Å². The van der Waals surface area contributed by atoms with Crippen molar-refractivity contribution in [3.8, 4) is 6.07 Å². The molecule has 2 aromatic heterocycles. The maximum atomic E-state index is 12.9. The largest absolute Gasteiger partial charge is 0.350 e. The molecule has 0 radical (unpaired) electrons. The van der Waals surface area contributed by atoms with E-state index in [1.165, 1.54) is 0 Å². The van der Waals surface area contributed by atoms with Crippen molar-refractivity contribution in [1.29, 1.82) is 5.26 Å². The number of hydrogen-bond donors (Lipinski definition) is 2. The number of nitrogens with one attached hydrogen (secondary N) is 2. The van der Waals surface area contributed by atoms with E-state index in [4.69, 9.17) is 5.26 Å². The number of nitrogens with zero attached hydrogens (tertiary/aromatic N) is 5. The van der Waals surface area contributed by atoms with Gasteiger partial charge in [-0.15, -0.1) is 0 Å². The van der Waals surface area contributed by atoms with Crippen LogP contribution in [0.5, 0.6) is 0 Å². The van der Waals surface area contributed by atoms with Crippen molar-refractivity contribution in [3.63, 3.8) is 0 Å². The van der Waals surface area contributed by atoms with Crippen LogP contribution in [-0.4, -0.2) is 62.5 Å². The number of hydrogen-bond acceptors (Lipinski definition) is 6. The van der Waals surface area contributed by atoms with Gasteiger partial charge in [-0.05, 0) is 47.5 Å². The summed E-state index contributed by atoms with van der Waals surface area (Å²) < 4.78 is 1.68. The average molecular weight is 412 g/mol. The number of rotatable bonds is 6. The van der Waals surface area contributed by atoms with Gasteiger partial charge in [-0.2, -0.15) is 10.4 Å². The molecule has 160 valence electrons. The van der Waals surface area contributed by atoms with Gasteiger partial charge in [0.1, 0.15) is 6.04 Å². The quantitative estimate of drug-likeness (QED) is 0.740. The van der Waals surface area contributed by atoms with Gasteiger partial charge in [0.25, 0.3) is 5.91 Å². The van der Waals surface area contributed by atoms with Gasteiger partial charge < -0.3 is 15.5 Å². The Hall–Kier alpha value is -2.99.